The topological polar surface area (TPSA) is 37.8 Å². The highest BCUT2D eigenvalue weighted by Crippen LogP contribution is 2.25. The molecule has 0 radical (unpaired) electrons. The fourth-order valence-corrected chi connectivity index (χ4v) is 2.97. The van der Waals surface area contributed by atoms with Crippen LogP contribution in [0.15, 0.2) is 6.33 Å². The first-order valence-corrected chi connectivity index (χ1v) is 7.51. The van der Waals surface area contributed by atoms with Crippen LogP contribution in [0, 0.1) is 5.92 Å². The van der Waals surface area contributed by atoms with Crippen molar-refractivity contribution in [3.8, 4) is 0 Å². The summed E-state index contributed by atoms with van der Waals surface area (Å²) in [6.07, 6.45) is 8.64. The zero-order valence-electron chi connectivity index (χ0n) is 11.1. The van der Waals surface area contributed by atoms with Crippen molar-refractivity contribution >= 4 is 17.4 Å². The van der Waals surface area contributed by atoms with Gasteiger partial charge in [0.25, 0.3) is 0 Å². The van der Waals surface area contributed by atoms with Crippen LogP contribution in [0.4, 0.5) is 5.82 Å². The first-order chi connectivity index (χ1) is 8.85. The SMILES string of the molecule is CCCC(CCCl)CNc1ncnc2c1CCC2. The highest BCUT2D eigenvalue weighted by molar-refractivity contribution is 6.17. The van der Waals surface area contributed by atoms with E-state index in [0.29, 0.717) is 5.92 Å². The first-order valence-electron chi connectivity index (χ1n) is 6.97. The minimum Gasteiger partial charge on any atom is -0.369 e. The fraction of sp³-hybridized carbons (Fsp3) is 0.714. The summed E-state index contributed by atoms with van der Waals surface area (Å²) in [6.45, 7) is 3.20. The van der Waals surface area contributed by atoms with Gasteiger partial charge < -0.3 is 5.32 Å². The fourth-order valence-electron chi connectivity index (χ4n) is 2.66. The van der Waals surface area contributed by atoms with Crippen molar-refractivity contribution < 1.29 is 0 Å². The van der Waals surface area contributed by atoms with Gasteiger partial charge in [0, 0.05) is 23.7 Å². The van der Waals surface area contributed by atoms with Gasteiger partial charge in [-0.3, -0.25) is 0 Å². The molecule has 1 unspecified atom stereocenters. The molecule has 100 valence electrons. The van der Waals surface area contributed by atoms with Gasteiger partial charge >= 0.3 is 0 Å². The van der Waals surface area contributed by atoms with Gasteiger partial charge in [-0.15, -0.1) is 11.6 Å². The van der Waals surface area contributed by atoms with Crippen LogP contribution in [-0.2, 0) is 12.8 Å². The van der Waals surface area contributed by atoms with Crippen LogP contribution in [0.3, 0.4) is 0 Å². The maximum Gasteiger partial charge on any atom is 0.132 e. The molecule has 1 atom stereocenters. The molecule has 3 nitrogen and oxygen atoms in total. The third-order valence-electron chi connectivity index (χ3n) is 3.65. The summed E-state index contributed by atoms with van der Waals surface area (Å²) in [5, 5.41) is 3.50. The number of aromatic nitrogens is 2. The number of nitrogens with one attached hydrogen (secondary N) is 1. The molecule has 4 heteroatoms. The Balaban J connectivity index is 1.95. The van der Waals surface area contributed by atoms with Crippen molar-refractivity contribution in [2.24, 2.45) is 5.92 Å². The van der Waals surface area contributed by atoms with E-state index in [0.717, 1.165) is 37.5 Å². The zero-order chi connectivity index (χ0) is 12.8. The van der Waals surface area contributed by atoms with Crippen molar-refractivity contribution in [2.45, 2.75) is 45.4 Å². The van der Waals surface area contributed by atoms with Gasteiger partial charge in [0.15, 0.2) is 0 Å². The average molecular weight is 268 g/mol. The molecule has 0 saturated carbocycles. The second-order valence-corrected chi connectivity index (χ2v) is 5.39. The Labute approximate surface area is 114 Å². The molecule has 0 amide bonds. The lowest BCUT2D eigenvalue weighted by atomic mass is 10.0. The van der Waals surface area contributed by atoms with Crippen molar-refractivity contribution in [2.75, 3.05) is 17.7 Å². The summed E-state index contributed by atoms with van der Waals surface area (Å²) in [5.41, 5.74) is 2.57. The van der Waals surface area contributed by atoms with Crippen molar-refractivity contribution in [3.05, 3.63) is 17.6 Å². The van der Waals surface area contributed by atoms with Gasteiger partial charge in [0.05, 0.1) is 0 Å². The van der Waals surface area contributed by atoms with E-state index in [-0.39, 0.29) is 0 Å². The smallest absolute Gasteiger partial charge is 0.132 e. The van der Waals surface area contributed by atoms with E-state index in [1.165, 1.54) is 30.5 Å². The summed E-state index contributed by atoms with van der Waals surface area (Å²) >= 11 is 5.85. The van der Waals surface area contributed by atoms with Gasteiger partial charge in [-0.05, 0) is 38.0 Å². The van der Waals surface area contributed by atoms with E-state index >= 15 is 0 Å². The standard InChI is InChI=1S/C14H22ClN3/c1-2-4-11(7-8-15)9-16-14-12-5-3-6-13(12)17-10-18-14/h10-11H,2-9H2,1H3,(H,16,17,18). The van der Waals surface area contributed by atoms with Crippen molar-refractivity contribution in [3.63, 3.8) is 0 Å². The maximum absolute atomic E-state index is 5.85. The molecule has 1 aliphatic carbocycles. The molecule has 1 aromatic rings. The lowest BCUT2D eigenvalue weighted by molar-refractivity contribution is 0.489. The quantitative estimate of drug-likeness (QED) is 0.769. The molecule has 2 rings (SSSR count). The molecule has 0 spiro atoms. The number of hydrogen-bond donors (Lipinski definition) is 1. The van der Waals surface area contributed by atoms with Gasteiger partial charge in [-0.25, -0.2) is 9.97 Å². The third-order valence-corrected chi connectivity index (χ3v) is 3.87. The summed E-state index contributed by atoms with van der Waals surface area (Å²) in [6, 6.07) is 0. The van der Waals surface area contributed by atoms with E-state index in [1.54, 1.807) is 6.33 Å². The molecule has 0 bridgehead atoms. The summed E-state index contributed by atoms with van der Waals surface area (Å²) < 4.78 is 0. The highest BCUT2D eigenvalue weighted by Gasteiger charge is 2.17. The Kier molecular flexibility index (Phi) is 5.24. The van der Waals surface area contributed by atoms with Crippen LogP contribution in [-0.4, -0.2) is 22.4 Å². The first kappa shape index (κ1) is 13.6. The molecular formula is C14H22ClN3. The van der Waals surface area contributed by atoms with Crippen LogP contribution in [0.2, 0.25) is 0 Å². The largest absolute Gasteiger partial charge is 0.369 e. The number of alkyl halides is 1. The van der Waals surface area contributed by atoms with Crippen molar-refractivity contribution in [1.29, 1.82) is 0 Å². The maximum atomic E-state index is 5.85. The second-order valence-electron chi connectivity index (χ2n) is 5.01. The number of hydrogen-bond acceptors (Lipinski definition) is 3. The monoisotopic (exact) mass is 267 g/mol. The third kappa shape index (κ3) is 3.35. The number of rotatable bonds is 7. The van der Waals surface area contributed by atoms with Gasteiger partial charge in [-0.2, -0.15) is 0 Å². The molecule has 0 saturated heterocycles. The molecular weight excluding hydrogens is 246 g/mol. The van der Waals surface area contributed by atoms with Gasteiger partial charge in [0.1, 0.15) is 12.1 Å². The molecule has 1 aromatic heterocycles. The Bertz CT molecular complexity index is 375. The predicted octanol–water partition coefficient (Wildman–Crippen LogP) is 3.42. The normalized spacial score (nSPS) is 15.4. The molecule has 0 aliphatic heterocycles. The predicted molar refractivity (Wildman–Crippen MR) is 76.3 cm³/mol. The van der Waals surface area contributed by atoms with E-state index in [2.05, 4.69) is 22.2 Å². The number of fused-ring (bicyclic) bond motifs is 1. The summed E-state index contributed by atoms with van der Waals surface area (Å²) in [7, 11) is 0. The van der Waals surface area contributed by atoms with E-state index in [1.807, 2.05) is 0 Å². The molecule has 1 aliphatic rings. The molecule has 0 fully saturated rings. The Hall–Kier alpha value is -0.830. The van der Waals surface area contributed by atoms with E-state index in [4.69, 9.17) is 11.6 Å². The molecule has 1 heterocycles. The minimum atomic E-state index is 0.652. The van der Waals surface area contributed by atoms with E-state index < -0.39 is 0 Å². The van der Waals surface area contributed by atoms with E-state index in [9.17, 15) is 0 Å². The second kappa shape index (κ2) is 6.93. The lowest BCUT2D eigenvalue weighted by Crippen LogP contribution is -2.16. The van der Waals surface area contributed by atoms with Crippen LogP contribution in [0.1, 0.15) is 43.9 Å². The van der Waals surface area contributed by atoms with Crippen molar-refractivity contribution in [1.82, 2.24) is 9.97 Å². The van der Waals surface area contributed by atoms with Crippen LogP contribution in [0.25, 0.3) is 0 Å². The molecule has 0 aromatic carbocycles. The lowest BCUT2D eigenvalue weighted by Gasteiger charge is -2.17. The zero-order valence-corrected chi connectivity index (χ0v) is 11.8. The number of nitrogens with zero attached hydrogens (tertiary/aromatic N) is 2. The number of anilines is 1. The Morgan fingerprint density at radius 1 is 1.33 bits per heavy atom. The summed E-state index contributed by atoms with van der Waals surface area (Å²) in [4.78, 5) is 8.73. The number of halogens is 1. The van der Waals surface area contributed by atoms with Gasteiger partial charge in [-0.1, -0.05) is 13.3 Å². The highest BCUT2D eigenvalue weighted by atomic mass is 35.5. The Morgan fingerprint density at radius 2 is 2.22 bits per heavy atom. The number of aryl methyl sites for hydroxylation is 1. The van der Waals surface area contributed by atoms with Crippen LogP contribution in [0.5, 0.6) is 0 Å². The van der Waals surface area contributed by atoms with Crippen LogP contribution < -0.4 is 5.32 Å². The minimum absolute atomic E-state index is 0.652. The Morgan fingerprint density at radius 3 is 3.00 bits per heavy atom. The van der Waals surface area contributed by atoms with Crippen LogP contribution >= 0.6 is 11.6 Å². The van der Waals surface area contributed by atoms with Gasteiger partial charge in [0.2, 0.25) is 0 Å². The average Bonchev–Trinajstić information content (AvgIpc) is 2.85. The molecule has 18 heavy (non-hydrogen) atoms. The summed E-state index contributed by atoms with van der Waals surface area (Å²) in [5.74, 6) is 2.45. The molecule has 1 N–H and O–H groups in total.